The number of benzene rings is 2. The van der Waals surface area contributed by atoms with Crippen LogP contribution in [0.1, 0.15) is 21.5 Å². The molecule has 0 unspecified atom stereocenters. The van der Waals surface area contributed by atoms with Crippen molar-refractivity contribution in [2.75, 3.05) is 35.5 Å². The van der Waals surface area contributed by atoms with Gasteiger partial charge in [-0.2, -0.15) is 0 Å². The van der Waals surface area contributed by atoms with Gasteiger partial charge in [0.1, 0.15) is 0 Å². The smallest absolute Gasteiger partial charge is 0.310 e. The van der Waals surface area contributed by atoms with Gasteiger partial charge in [-0.1, -0.05) is 15.9 Å². The molecule has 0 N–H and O–H groups in total. The minimum atomic E-state index is -0.460. The van der Waals surface area contributed by atoms with Crippen molar-refractivity contribution in [3.05, 3.63) is 45.4 Å². The van der Waals surface area contributed by atoms with Crippen LogP contribution in [0, 0.1) is 0 Å². The van der Waals surface area contributed by atoms with Crippen molar-refractivity contribution in [2.24, 2.45) is 0 Å². The van der Waals surface area contributed by atoms with E-state index >= 15 is 0 Å². The standard InChI is InChI=1S/C21H23BrO7/c1-25-17-7-12(9-21(24)29-5)14(10-19(17)27-3)16(23)6-13-8-18(26-2)20(28-4)11-15(13)22/h7-8,10-11H,6,9H2,1-5H3. The lowest BCUT2D eigenvalue weighted by Crippen LogP contribution is -2.13. The number of rotatable bonds is 9. The van der Waals surface area contributed by atoms with Crippen LogP contribution in [-0.2, 0) is 22.4 Å². The van der Waals surface area contributed by atoms with Gasteiger partial charge in [0.2, 0.25) is 0 Å². The van der Waals surface area contributed by atoms with Gasteiger partial charge in [0.25, 0.3) is 0 Å². The van der Waals surface area contributed by atoms with Crippen molar-refractivity contribution >= 4 is 27.7 Å². The molecule has 0 aliphatic rings. The average molecular weight is 467 g/mol. The molecule has 2 rings (SSSR count). The molecule has 8 heteroatoms. The first-order valence-electron chi connectivity index (χ1n) is 8.63. The number of carbonyl (C=O) groups excluding carboxylic acids is 2. The predicted molar refractivity (Wildman–Crippen MR) is 111 cm³/mol. The second kappa shape index (κ2) is 10.2. The van der Waals surface area contributed by atoms with Crippen molar-refractivity contribution < 1.29 is 33.3 Å². The summed E-state index contributed by atoms with van der Waals surface area (Å²) in [5, 5.41) is 0. The molecule has 0 amide bonds. The maximum absolute atomic E-state index is 13.1. The van der Waals surface area contributed by atoms with E-state index in [-0.39, 0.29) is 18.6 Å². The van der Waals surface area contributed by atoms with E-state index in [1.807, 2.05) is 0 Å². The summed E-state index contributed by atoms with van der Waals surface area (Å²) in [7, 11) is 7.34. The number of hydrogen-bond donors (Lipinski definition) is 0. The highest BCUT2D eigenvalue weighted by Crippen LogP contribution is 2.35. The molecule has 2 aromatic rings. The number of ether oxygens (including phenoxy) is 5. The maximum Gasteiger partial charge on any atom is 0.310 e. The van der Waals surface area contributed by atoms with Gasteiger partial charge >= 0.3 is 5.97 Å². The van der Waals surface area contributed by atoms with Crippen LogP contribution >= 0.6 is 15.9 Å². The van der Waals surface area contributed by atoms with E-state index < -0.39 is 5.97 Å². The van der Waals surface area contributed by atoms with E-state index in [9.17, 15) is 9.59 Å². The van der Waals surface area contributed by atoms with E-state index in [2.05, 4.69) is 15.9 Å². The number of carbonyl (C=O) groups is 2. The fourth-order valence-electron chi connectivity index (χ4n) is 2.85. The van der Waals surface area contributed by atoms with Gasteiger partial charge < -0.3 is 23.7 Å². The van der Waals surface area contributed by atoms with E-state index in [0.717, 1.165) is 0 Å². The van der Waals surface area contributed by atoms with Gasteiger partial charge in [0.15, 0.2) is 28.8 Å². The number of esters is 1. The van der Waals surface area contributed by atoms with Crippen molar-refractivity contribution in [1.29, 1.82) is 0 Å². The molecule has 7 nitrogen and oxygen atoms in total. The molecule has 0 bridgehead atoms. The van der Waals surface area contributed by atoms with Crippen LogP contribution in [-0.4, -0.2) is 47.3 Å². The number of hydrogen-bond acceptors (Lipinski definition) is 7. The van der Waals surface area contributed by atoms with Gasteiger partial charge in [-0.3, -0.25) is 9.59 Å². The van der Waals surface area contributed by atoms with E-state index in [1.54, 1.807) is 24.3 Å². The van der Waals surface area contributed by atoms with Crippen LogP contribution in [0.25, 0.3) is 0 Å². The second-order valence-electron chi connectivity index (χ2n) is 6.02. The molecule has 0 radical (unpaired) electrons. The lowest BCUT2D eigenvalue weighted by atomic mass is 9.95. The zero-order chi connectivity index (χ0) is 21.6. The van der Waals surface area contributed by atoms with Crippen molar-refractivity contribution in [3.8, 4) is 23.0 Å². The molecule has 0 aromatic heterocycles. The van der Waals surface area contributed by atoms with Crippen molar-refractivity contribution in [3.63, 3.8) is 0 Å². The Balaban J connectivity index is 2.47. The first-order chi connectivity index (χ1) is 13.9. The van der Waals surface area contributed by atoms with Crippen LogP contribution in [0.5, 0.6) is 23.0 Å². The second-order valence-corrected chi connectivity index (χ2v) is 6.87. The summed E-state index contributed by atoms with van der Waals surface area (Å²) in [6.45, 7) is 0. The van der Waals surface area contributed by atoms with Crippen LogP contribution in [0.2, 0.25) is 0 Å². The molecular weight excluding hydrogens is 444 g/mol. The van der Waals surface area contributed by atoms with Crippen LogP contribution in [0.15, 0.2) is 28.7 Å². The summed E-state index contributed by atoms with van der Waals surface area (Å²) < 4.78 is 26.7. The highest BCUT2D eigenvalue weighted by atomic mass is 79.9. The normalized spacial score (nSPS) is 10.3. The first kappa shape index (κ1) is 22.5. The Kier molecular flexibility index (Phi) is 7.90. The molecule has 0 heterocycles. The number of ketones is 1. The summed E-state index contributed by atoms with van der Waals surface area (Å²) in [5.41, 5.74) is 1.57. The molecule has 0 fully saturated rings. The summed E-state index contributed by atoms with van der Waals surface area (Å²) in [5.74, 6) is 1.23. The quantitative estimate of drug-likeness (QED) is 0.412. The molecule has 0 saturated carbocycles. The van der Waals surface area contributed by atoms with Gasteiger partial charge in [0, 0.05) is 16.5 Å². The third kappa shape index (κ3) is 5.20. The Morgan fingerprint density at radius 2 is 1.21 bits per heavy atom. The Labute approximate surface area is 178 Å². The van der Waals surface area contributed by atoms with E-state index in [0.29, 0.717) is 44.2 Å². The van der Waals surface area contributed by atoms with E-state index in [4.69, 9.17) is 23.7 Å². The van der Waals surface area contributed by atoms with Crippen LogP contribution < -0.4 is 18.9 Å². The topological polar surface area (TPSA) is 80.3 Å². The minimum absolute atomic E-state index is 0.0645. The SMILES string of the molecule is COC(=O)Cc1cc(OC)c(OC)cc1C(=O)Cc1cc(OC)c(OC)cc1Br. The van der Waals surface area contributed by atoms with Gasteiger partial charge in [-0.25, -0.2) is 0 Å². The molecule has 0 atom stereocenters. The number of Topliss-reactive ketones (excluding diaryl/α,β-unsaturated/α-hetero) is 1. The molecule has 156 valence electrons. The highest BCUT2D eigenvalue weighted by molar-refractivity contribution is 9.10. The third-order valence-electron chi connectivity index (χ3n) is 4.38. The molecule has 0 aliphatic carbocycles. The Morgan fingerprint density at radius 3 is 1.72 bits per heavy atom. The van der Waals surface area contributed by atoms with Gasteiger partial charge in [-0.15, -0.1) is 0 Å². The lowest BCUT2D eigenvalue weighted by Gasteiger charge is -2.15. The molecule has 0 spiro atoms. The molecule has 29 heavy (non-hydrogen) atoms. The van der Waals surface area contributed by atoms with Crippen LogP contribution in [0.4, 0.5) is 0 Å². The highest BCUT2D eigenvalue weighted by Gasteiger charge is 2.21. The summed E-state index contributed by atoms with van der Waals surface area (Å²) >= 11 is 3.47. The summed E-state index contributed by atoms with van der Waals surface area (Å²) in [6, 6.07) is 6.67. The molecule has 2 aromatic carbocycles. The summed E-state index contributed by atoms with van der Waals surface area (Å²) in [4.78, 5) is 25.0. The zero-order valence-corrected chi connectivity index (χ0v) is 18.5. The van der Waals surface area contributed by atoms with Crippen molar-refractivity contribution in [2.45, 2.75) is 12.8 Å². The van der Waals surface area contributed by atoms with Gasteiger partial charge in [-0.05, 0) is 35.4 Å². The largest absolute Gasteiger partial charge is 0.493 e. The predicted octanol–water partition coefficient (Wildman–Crippen LogP) is 3.62. The number of methoxy groups -OCH3 is 5. The Hall–Kier alpha value is -2.74. The molecule has 0 aliphatic heterocycles. The minimum Gasteiger partial charge on any atom is -0.493 e. The van der Waals surface area contributed by atoms with Crippen molar-refractivity contribution in [1.82, 2.24) is 0 Å². The van der Waals surface area contributed by atoms with Crippen LogP contribution in [0.3, 0.4) is 0 Å². The fourth-order valence-corrected chi connectivity index (χ4v) is 3.32. The lowest BCUT2D eigenvalue weighted by molar-refractivity contribution is -0.139. The Bertz CT molecular complexity index is 908. The van der Waals surface area contributed by atoms with Gasteiger partial charge in [0.05, 0.1) is 42.0 Å². The summed E-state index contributed by atoms with van der Waals surface area (Å²) in [6.07, 6.45) is 0.00955. The first-order valence-corrected chi connectivity index (χ1v) is 9.43. The number of halogens is 1. The monoisotopic (exact) mass is 466 g/mol. The van der Waals surface area contributed by atoms with E-state index in [1.165, 1.54) is 35.5 Å². The maximum atomic E-state index is 13.1. The fraction of sp³-hybridized carbons (Fsp3) is 0.333. The molecule has 0 saturated heterocycles. The zero-order valence-electron chi connectivity index (χ0n) is 17.0. The average Bonchev–Trinajstić information content (AvgIpc) is 2.73. The Morgan fingerprint density at radius 1 is 0.724 bits per heavy atom. The third-order valence-corrected chi connectivity index (χ3v) is 5.11. The molecular formula is C21H23BrO7.